The summed E-state index contributed by atoms with van der Waals surface area (Å²) in [6, 6.07) is 0. The predicted molar refractivity (Wildman–Crippen MR) is 135 cm³/mol. The van der Waals surface area contributed by atoms with E-state index in [1.54, 1.807) is 0 Å². The molecule has 1 N–H and O–H groups in total. The van der Waals surface area contributed by atoms with Crippen LogP contribution >= 0.6 is 11.8 Å². The minimum atomic E-state index is -0.811. The molecule has 32 heavy (non-hydrogen) atoms. The Morgan fingerprint density at radius 1 is 1.28 bits per heavy atom. The monoisotopic (exact) mass is 460 g/mol. The third-order valence-corrected chi connectivity index (χ3v) is 10.9. The Kier molecular flexibility index (Phi) is 6.31. The molecule has 4 aliphatic carbocycles. The first-order valence-electron chi connectivity index (χ1n) is 12.8. The van der Waals surface area contributed by atoms with Gasteiger partial charge in [0.2, 0.25) is 0 Å². The Morgan fingerprint density at radius 3 is 2.59 bits per heavy atom. The van der Waals surface area contributed by atoms with Gasteiger partial charge in [0.15, 0.2) is 0 Å². The number of hydrogen-bond acceptors (Lipinski definition) is 4. The highest BCUT2D eigenvalue weighted by molar-refractivity contribution is 7.99. The number of hydrogen-bond donors (Lipinski definition) is 1. The van der Waals surface area contributed by atoms with Crippen LogP contribution in [0.1, 0.15) is 66.7 Å². The third-order valence-electron chi connectivity index (χ3n) is 9.63. The van der Waals surface area contributed by atoms with Crippen LogP contribution in [0.3, 0.4) is 0 Å². The maximum absolute atomic E-state index is 13.7. The molecule has 4 rings (SSSR count). The molecule has 7 atom stereocenters. The second-order valence-electron chi connectivity index (χ2n) is 12.2. The Morgan fingerprint density at radius 2 is 2.00 bits per heavy atom. The lowest BCUT2D eigenvalue weighted by Crippen LogP contribution is -2.63. The number of carboxylic acid groups (broad SMARTS) is 1. The molecule has 0 saturated heterocycles. The van der Waals surface area contributed by atoms with Crippen LogP contribution in [0.4, 0.5) is 0 Å². The molecule has 4 bridgehead atoms. The first-order valence-corrected chi connectivity index (χ1v) is 13.9. The largest absolute Gasteiger partial charge is 0.481 e. The van der Waals surface area contributed by atoms with E-state index >= 15 is 0 Å². The molecule has 0 aromatic carbocycles. The van der Waals surface area contributed by atoms with E-state index in [-0.39, 0.29) is 16.7 Å². The minimum Gasteiger partial charge on any atom is -0.481 e. The highest BCUT2D eigenvalue weighted by atomic mass is 32.2. The van der Waals surface area contributed by atoms with Crippen LogP contribution in [0.2, 0.25) is 0 Å². The van der Waals surface area contributed by atoms with Crippen molar-refractivity contribution in [1.29, 1.82) is 0 Å². The van der Waals surface area contributed by atoms with Gasteiger partial charge in [-0.2, -0.15) is 16.9 Å². The number of allylic oxidation sites excluding steroid dienone is 1. The smallest absolute Gasteiger partial charge is 0.315 e. The molecule has 0 aromatic rings. The van der Waals surface area contributed by atoms with E-state index in [0.717, 1.165) is 30.8 Å². The SMILES string of the molecule is CC(C)CCSCC12C[C@@H]3[C@H](C)CC[C@H]3C3(/C=N/N(C)C)CC1C=C(C(C)C)[C@@]23C(=O)O. The first kappa shape index (κ1) is 24.2. The normalized spacial score (nSPS) is 42.2. The van der Waals surface area contributed by atoms with E-state index in [9.17, 15) is 9.90 Å². The summed E-state index contributed by atoms with van der Waals surface area (Å²) in [4.78, 5) is 13.7. The van der Waals surface area contributed by atoms with Gasteiger partial charge in [-0.3, -0.25) is 4.79 Å². The zero-order valence-corrected chi connectivity index (χ0v) is 22.0. The zero-order valence-electron chi connectivity index (χ0n) is 21.2. The Bertz CT molecular complexity index is 805. The number of hydrazone groups is 1. The lowest BCUT2D eigenvalue weighted by Gasteiger charge is -2.59. The van der Waals surface area contributed by atoms with Crippen molar-refractivity contribution in [3.05, 3.63) is 11.6 Å². The van der Waals surface area contributed by atoms with E-state index in [2.05, 4.69) is 46.9 Å². The van der Waals surface area contributed by atoms with Gasteiger partial charge in [0.05, 0.1) is 0 Å². The predicted octanol–water partition coefficient (Wildman–Crippen LogP) is 6.04. The second-order valence-corrected chi connectivity index (χ2v) is 13.3. The number of thioether (sulfide) groups is 1. The zero-order chi connectivity index (χ0) is 23.5. The van der Waals surface area contributed by atoms with Gasteiger partial charge in [-0.15, -0.1) is 0 Å². The van der Waals surface area contributed by atoms with Gasteiger partial charge in [0.25, 0.3) is 0 Å². The summed E-state index contributed by atoms with van der Waals surface area (Å²) in [5, 5.41) is 17.9. The molecule has 0 amide bonds. The van der Waals surface area contributed by atoms with Crippen LogP contribution in [0.5, 0.6) is 0 Å². The van der Waals surface area contributed by atoms with E-state index in [0.29, 0.717) is 29.6 Å². The van der Waals surface area contributed by atoms with Gasteiger partial charge >= 0.3 is 5.97 Å². The molecule has 0 aromatic heterocycles. The van der Waals surface area contributed by atoms with Crippen LogP contribution in [0, 0.1) is 51.8 Å². The molecule has 0 spiro atoms. The van der Waals surface area contributed by atoms with E-state index in [1.165, 1.54) is 18.4 Å². The number of rotatable bonds is 9. The summed E-state index contributed by atoms with van der Waals surface area (Å²) in [6.07, 6.45) is 10.2. The average molecular weight is 461 g/mol. The van der Waals surface area contributed by atoms with Gasteiger partial charge in [0, 0.05) is 36.9 Å². The maximum atomic E-state index is 13.7. The van der Waals surface area contributed by atoms with E-state index < -0.39 is 11.4 Å². The highest BCUT2D eigenvalue weighted by Crippen LogP contribution is 2.83. The summed E-state index contributed by atoms with van der Waals surface area (Å²) in [5.74, 6) is 4.54. The number of carbonyl (C=O) groups is 1. The quantitative estimate of drug-likeness (QED) is 0.197. The van der Waals surface area contributed by atoms with Gasteiger partial charge < -0.3 is 10.1 Å². The van der Waals surface area contributed by atoms with Gasteiger partial charge in [-0.05, 0) is 66.9 Å². The maximum Gasteiger partial charge on any atom is 0.315 e. The molecular weight excluding hydrogens is 416 g/mol. The fraction of sp³-hybridized carbons (Fsp3) is 0.852. The summed E-state index contributed by atoms with van der Waals surface area (Å²) < 4.78 is 0. The van der Waals surface area contributed by atoms with Gasteiger partial charge in [0.1, 0.15) is 5.41 Å². The molecule has 0 heterocycles. The minimum absolute atomic E-state index is 0.182. The van der Waals surface area contributed by atoms with Crippen molar-refractivity contribution in [3.8, 4) is 0 Å². The Balaban J connectivity index is 1.88. The van der Waals surface area contributed by atoms with Crippen molar-refractivity contribution in [2.24, 2.45) is 56.9 Å². The summed E-state index contributed by atoms with van der Waals surface area (Å²) in [7, 11) is 3.92. The molecule has 3 saturated carbocycles. The highest BCUT2D eigenvalue weighted by Gasteiger charge is 2.83. The summed E-state index contributed by atoms with van der Waals surface area (Å²) in [5.41, 5.74) is -0.157. The molecular formula is C27H44N2O2S. The molecule has 5 heteroatoms. The van der Waals surface area contributed by atoms with E-state index in [1.807, 2.05) is 30.9 Å². The van der Waals surface area contributed by atoms with Crippen LogP contribution in [0.15, 0.2) is 16.8 Å². The lowest BCUT2D eigenvalue weighted by atomic mass is 9.43. The van der Waals surface area contributed by atoms with Crippen molar-refractivity contribution < 1.29 is 9.90 Å². The topological polar surface area (TPSA) is 52.9 Å². The van der Waals surface area contributed by atoms with Crippen molar-refractivity contribution in [1.82, 2.24) is 5.01 Å². The van der Waals surface area contributed by atoms with Crippen molar-refractivity contribution >= 4 is 23.9 Å². The lowest BCUT2D eigenvalue weighted by molar-refractivity contribution is -0.168. The molecule has 3 fully saturated rings. The molecule has 3 unspecified atom stereocenters. The number of aliphatic carboxylic acids is 1. The van der Waals surface area contributed by atoms with Crippen molar-refractivity contribution in [2.75, 3.05) is 25.6 Å². The van der Waals surface area contributed by atoms with Crippen LogP contribution in [-0.4, -0.2) is 47.9 Å². The summed E-state index contributed by atoms with van der Waals surface area (Å²) in [6.45, 7) is 11.4. The number of fused-ring (bicyclic) bond motifs is 2. The second kappa shape index (κ2) is 8.36. The number of carboxylic acids is 1. The van der Waals surface area contributed by atoms with Crippen LogP contribution < -0.4 is 0 Å². The first-order chi connectivity index (χ1) is 15.0. The molecule has 0 radical (unpaired) electrons. The third kappa shape index (κ3) is 3.08. The molecule has 0 aliphatic heterocycles. The van der Waals surface area contributed by atoms with Gasteiger partial charge in [-0.1, -0.05) is 52.7 Å². The van der Waals surface area contributed by atoms with Crippen molar-refractivity contribution in [3.63, 3.8) is 0 Å². The van der Waals surface area contributed by atoms with Crippen LogP contribution in [-0.2, 0) is 4.79 Å². The van der Waals surface area contributed by atoms with Crippen molar-refractivity contribution in [2.45, 2.75) is 66.7 Å². The van der Waals surface area contributed by atoms with Gasteiger partial charge in [-0.25, -0.2) is 0 Å². The number of nitrogens with zero attached hydrogens (tertiary/aromatic N) is 2. The molecule has 180 valence electrons. The van der Waals surface area contributed by atoms with Crippen LogP contribution in [0.25, 0.3) is 0 Å². The average Bonchev–Trinajstić information content (AvgIpc) is 3.27. The molecule has 4 nitrogen and oxygen atoms in total. The van der Waals surface area contributed by atoms with E-state index in [4.69, 9.17) is 5.10 Å². The standard InChI is InChI=1S/C27H44N2O2S/c1-17(2)10-11-32-16-26-14-21-19(5)8-9-22(21)25(15-28-29(6)7)13-20(26)12-23(18(3)4)27(25,26)24(30)31/h12,15,17-22H,8-11,13-14,16H2,1-7H3,(H,30,31)/b28-15+/t19-,20?,21-,22-,25?,26?,27+/m1/s1. The molecule has 4 aliphatic rings. The Labute approximate surface area is 199 Å². The summed E-state index contributed by atoms with van der Waals surface area (Å²) >= 11 is 2.02. The fourth-order valence-corrected chi connectivity index (χ4v) is 10.1. The Hall–Kier alpha value is -0.970. The fourth-order valence-electron chi connectivity index (χ4n) is 8.45.